The molecule has 0 saturated carbocycles. The van der Waals surface area contributed by atoms with Crippen LogP contribution in [0, 0.1) is 5.41 Å². The molecule has 0 saturated heterocycles. The number of oxazole rings is 1. The van der Waals surface area contributed by atoms with Crippen molar-refractivity contribution in [3.63, 3.8) is 0 Å². The van der Waals surface area contributed by atoms with E-state index in [9.17, 15) is 18.9 Å². The maximum atomic E-state index is 12.4. The minimum atomic E-state index is -1.11. The molecule has 4 rings (SSSR count). The van der Waals surface area contributed by atoms with E-state index in [1.165, 1.54) is 0 Å². The van der Waals surface area contributed by atoms with Gasteiger partial charge in [-0.05, 0) is 55.3 Å². The van der Waals surface area contributed by atoms with E-state index in [1.807, 2.05) is 36.4 Å². The molecular formula is C26H24N2O5S. The first-order valence-electron chi connectivity index (χ1n) is 10.6. The molecule has 8 heteroatoms. The number of benzene rings is 3. The lowest BCUT2D eigenvalue weighted by Crippen LogP contribution is -2.26. The van der Waals surface area contributed by atoms with Gasteiger partial charge in [-0.1, -0.05) is 36.4 Å². The second kappa shape index (κ2) is 9.23. The normalized spacial score (nSPS) is 12.4. The van der Waals surface area contributed by atoms with Gasteiger partial charge in [0.25, 0.3) is 6.01 Å². The number of carbonyl (C=O) groups excluding carboxylic acids is 1. The molecule has 2 N–H and O–H groups in total. The fourth-order valence-corrected chi connectivity index (χ4v) is 3.97. The van der Waals surface area contributed by atoms with Crippen molar-refractivity contribution in [1.82, 2.24) is 4.98 Å². The summed E-state index contributed by atoms with van der Waals surface area (Å²) in [6, 6.07) is 20.4. The van der Waals surface area contributed by atoms with Crippen LogP contribution in [-0.2, 0) is 15.6 Å². The third-order valence-corrected chi connectivity index (χ3v) is 6.47. The summed E-state index contributed by atoms with van der Waals surface area (Å²) in [5.41, 5.74) is 3.30. The van der Waals surface area contributed by atoms with Crippen LogP contribution in [0.15, 0.2) is 76.0 Å². The van der Waals surface area contributed by atoms with Crippen molar-refractivity contribution in [1.29, 1.82) is 0 Å². The lowest BCUT2D eigenvalue weighted by molar-refractivity contribution is -0.146. The minimum absolute atomic E-state index is 0.0600. The van der Waals surface area contributed by atoms with Gasteiger partial charge < -0.3 is 14.8 Å². The SMILES string of the molecule is CS(=O)c1ccc2oc(Nc3ccc(-c4ccc(C(=O)CC(C)(C)C(=O)O)cc4)cc3)nc2c1. The molecule has 0 bridgehead atoms. The Labute approximate surface area is 199 Å². The maximum Gasteiger partial charge on any atom is 0.309 e. The van der Waals surface area contributed by atoms with E-state index in [-0.39, 0.29) is 12.2 Å². The molecule has 0 aliphatic rings. The molecule has 1 unspecified atom stereocenters. The second-order valence-corrected chi connectivity index (χ2v) is 10.1. The Morgan fingerprint density at radius 3 is 2.21 bits per heavy atom. The summed E-state index contributed by atoms with van der Waals surface area (Å²) in [4.78, 5) is 28.8. The number of rotatable bonds is 8. The van der Waals surface area contributed by atoms with Gasteiger partial charge in [-0.2, -0.15) is 4.98 Å². The minimum Gasteiger partial charge on any atom is -0.481 e. The number of hydrogen-bond donors (Lipinski definition) is 2. The van der Waals surface area contributed by atoms with Crippen LogP contribution in [0.2, 0.25) is 0 Å². The van der Waals surface area contributed by atoms with Crippen molar-refractivity contribution >= 4 is 45.4 Å². The Hall–Kier alpha value is -3.78. The number of carbonyl (C=O) groups is 2. The van der Waals surface area contributed by atoms with Crippen molar-refractivity contribution < 1.29 is 23.3 Å². The van der Waals surface area contributed by atoms with Crippen LogP contribution in [0.1, 0.15) is 30.6 Å². The standard InChI is InChI=1S/C26H24N2O5S/c1-26(2,24(30)31)15-22(29)18-6-4-16(5-7-18)17-8-10-19(11-9-17)27-25-28-21-14-20(34(3)32)12-13-23(21)33-25/h4-14H,15H2,1-3H3,(H,27,28)(H,30,31). The van der Waals surface area contributed by atoms with Crippen LogP contribution in [-0.4, -0.2) is 32.3 Å². The van der Waals surface area contributed by atoms with E-state index in [0.717, 1.165) is 16.8 Å². The van der Waals surface area contributed by atoms with E-state index in [4.69, 9.17) is 4.42 Å². The molecule has 0 aliphatic carbocycles. The number of carboxylic acid groups (broad SMARTS) is 1. The Bertz CT molecular complexity index is 1390. The first-order chi connectivity index (χ1) is 16.1. The van der Waals surface area contributed by atoms with E-state index in [2.05, 4.69) is 10.3 Å². The molecular weight excluding hydrogens is 452 g/mol. The third-order valence-electron chi connectivity index (χ3n) is 5.55. The molecule has 1 atom stereocenters. The molecule has 1 aromatic heterocycles. The number of Topliss-reactive ketones (excluding diaryl/α,β-unsaturated/α-hetero) is 1. The topological polar surface area (TPSA) is 110 Å². The smallest absolute Gasteiger partial charge is 0.309 e. The zero-order valence-corrected chi connectivity index (χ0v) is 19.8. The summed E-state index contributed by atoms with van der Waals surface area (Å²) in [6.07, 6.45) is 1.56. The van der Waals surface area contributed by atoms with Gasteiger partial charge in [0.05, 0.1) is 5.41 Å². The van der Waals surface area contributed by atoms with E-state index < -0.39 is 22.2 Å². The lowest BCUT2D eigenvalue weighted by Gasteiger charge is -2.17. The van der Waals surface area contributed by atoms with Gasteiger partial charge in [-0.3, -0.25) is 13.8 Å². The van der Waals surface area contributed by atoms with Crippen LogP contribution in [0.25, 0.3) is 22.2 Å². The van der Waals surface area contributed by atoms with Gasteiger partial charge in [-0.15, -0.1) is 0 Å². The summed E-state index contributed by atoms with van der Waals surface area (Å²) in [5.74, 6) is -1.19. The van der Waals surface area contributed by atoms with Gasteiger partial charge in [0.1, 0.15) is 5.52 Å². The van der Waals surface area contributed by atoms with Crippen LogP contribution in [0.3, 0.4) is 0 Å². The highest BCUT2D eigenvalue weighted by molar-refractivity contribution is 7.84. The first kappa shape index (κ1) is 23.4. The Morgan fingerprint density at radius 1 is 1.00 bits per heavy atom. The Morgan fingerprint density at radius 2 is 1.62 bits per heavy atom. The van der Waals surface area contributed by atoms with Crippen molar-refractivity contribution in [2.24, 2.45) is 5.41 Å². The highest BCUT2D eigenvalue weighted by Gasteiger charge is 2.30. The van der Waals surface area contributed by atoms with Crippen LogP contribution >= 0.6 is 0 Å². The molecule has 0 aliphatic heterocycles. The molecule has 3 aromatic carbocycles. The second-order valence-electron chi connectivity index (χ2n) is 8.67. The zero-order valence-electron chi connectivity index (χ0n) is 19.0. The molecule has 0 amide bonds. The van der Waals surface area contributed by atoms with Gasteiger partial charge >= 0.3 is 5.97 Å². The third kappa shape index (κ3) is 5.07. The fraction of sp³-hybridized carbons (Fsp3) is 0.192. The summed E-state index contributed by atoms with van der Waals surface area (Å²) >= 11 is 0. The lowest BCUT2D eigenvalue weighted by atomic mass is 9.85. The maximum absolute atomic E-state index is 12.4. The number of aromatic nitrogens is 1. The Kier molecular flexibility index (Phi) is 6.34. The number of carboxylic acids is 1. The summed E-state index contributed by atoms with van der Waals surface area (Å²) in [5, 5.41) is 12.4. The Balaban J connectivity index is 1.45. The van der Waals surface area contributed by atoms with Crippen molar-refractivity contribution in [2.75, 3.05) is 11.6 Å². The summed E-state index contributed by atoms with van der Waals surface area (Å²) in [7, 11) is -1.09. The molecule has 7 nitrogen and oxygen atoms in total. The largest absolute Gasteiger partial charge is 0.481 e. The number of aliphatic carboxylic acids is 1. The number of hydrogen-bond acceptors (Lipinski definition) is 6. The van der Waals surface area contributed by atoms with Crippen molar-refractivity contribution in [2.45, 2.75) is 25.2 Å². The highest BCUT2D eigenvalue weighted by atomic mass is 32.2. The van der Waals surface area contributed by atoms with Crippen LogP contribution in [0.4, 0.5) is 11.7 Å². The number of ketones is 1. The molecule has 0 spiro atoms. The number of nitrogens with one attached hydrogen (secondary N) is 1. The van der Waals surface area contributed by atoms with Gasteiger partial charge in [0, 0.05) is 39.6 Å². The quantitative estimate of drug-likeness (QED) is 0.316. The molecule has 0 fully saturated rings. The van der Waals surface area contributed by atoms with E-state index in [0.29, 0.717) is 27.6 Å². The van der Waals surface area contributed by atoms with Crippen molar-refractivity contribution in [3.8, 4) is 11.1 Å². The van der Waals surface area contributed by atoms with E-state index in [1.54, 1.807) is 50.4 Å². The number of fused-ring (bicyclic) bond motifs is 1. The van der Waals surface area contributed by atoms with Crippen LogP contribution < -0.4 is 5.32 Å². The fourth-order valence-electron chi connectivity index (χ4n) is 3.44. The van der Waals surface area contributed by atoms with Crippen molar-refractivity contribution in [3.05, 3.63) is 72.3 Å². The number of nitrogens with zero attached hydrogens (tertiary/aromatic N) is 1. The summed E-state index contributed by atoms with van der Waals surface area (Å²) in [6.45, 7) is 3.09. The average Bonchev–Trinajstić information content (AvgIpc) is 3.20. The van der Waals surface area contributed by atoms with Gasteiger partial charge in [-0.25, -0.2) is 0 Å². The van der Waals surface area contributed by atoms with Gasteiger partial charge in [0.2, 0.25) is 0 Å². The molecule has 4 aromatic rings. The monoisotopic (exact) mass is 476 g/mol. The molecule has 174 valence electrons. The van der Waals surface area contributed by atoms with Crippen LogP contribution in [0.5, 0.6) is 0 Å². The highest BCUT2D eigenvalue weighted by Crippen LogP contribution is 2.28. The molecule has 34 heavy (non-hydrogen) atoms. The summed E-state index contributed by atoms with van der Waals surface area (Å²) < 4.78 is 17.4. The predicted octanol–water partition coefficient (Wildman–Crippen LogP) is 5.66. The average molecular weight is 477 g/mol. The number of anilines is 2. The van der Waals surface area contributed by atoms with E-state index >= 15 is 0 Å². The predicted molar refractivity (Wildman–Crippen MR) is 132 cm³/mol. The van der Waals surface area contributed by atoms with Gasteiger partial charge in [0.15, 0.2) is 11.4 Å². The molecule has 0 radical (unpaired) electrons. The first-order valence-corrected chi connectivity index (χ1v) is 12.2. The zero-order chi connectivity index (χ0) is 24.5. The molecule has 1 heterocycles.